The Hall–Kier alpha value is -1.59. The van der Waals surface area contributed by atoms with Crippen LogP contribution < -0.4 is 15.4 Å². The highest BCUT2D eigenvalue weighted by Crippen LogP contribution is 2.29. The Balaban J connectivity index is 2.07. The van der Waals surface area contributed by atoms with Gasteiger partial charge in [-0.15, -0.1) is 0 Å². The van der Waals surface area contributed by atoms with Gasteiger partial charge in [0.15, 0.2) is 0 Å². The van der Waals surface area contributed by atoms with Gasteiger partial charge in [-0.25, -0.2) is 0 Å². The molecule has 6 nitrogen and oxygen atoms in total. The quantitative estimate of drug-likeness (QED) is 0.769. The van der Waals surface area contributed by atoms with Crippen LogP contribution in [0.4, 0.5) is 11.9 Å². The monoisotopic (exact) mass is 209 g/mol. The molecule has 0 unspecified atom stereocenters. The molecule has 2 N–H and O–H groups in total. The summed E-state index contributed by atoms with van der Waals surface area (Å²) in [7, 11) is 3.69. The van der Waals surface area contributed by atoms with E-state index in [1.165, 1.54) is 12.8 Å². The third-order valence-corrected chi connectivity index (χ3v) is 2.17. The fraction of sp³-hybridized carbons (Fsp3) is 0.667. The van der Waals surface area contributed by atoms with Crippen LogP contribution in [0.1, 0.15) is 12.8 Å². The molecule has 1 aliphatic carbocycles. The van der Waals surface area contributed by atoms with Crippen molar-refractivity contribution in [3.8, 4) is 6.01 Å². The highest BCUT2D eigenvalue weighted by Gasteiger charge is 2.22. The predicted molar refractivity (Wildman–Crippen MR) is 56.8 cm³/mol. The van der Waals surface area contributed by atoms with Crippen LogP contribution in [0.3, 0.4) is 0 Å². The van der Waals surface area contributed by atoms with Crippen molar-refractivity contribution in [2.24, 2.45) is 5.92 Å². The second kappa shape index (κ2) is 3.88. The van der Waals surface area contributed by atoms with Gasteiger partial charge in [-0.3, -0.25) is 0 Å². The van der Waals surface area contributed by atoms with Crippen molar-refractivity contribution in [2.75, 3.05) is 31.3 Å². The zero-order valence-corrected chi connectivity index (χ0v) is 8.97. The number of aromatic nitrogens is 3. The highest BCUT2D eigenvalue weighted by molar-refractivity contribution is 5.33. The minimum atomic E-state index is 0.194. The summed E-state index contributed by atoms with van der Waals surface area (Å²) in [6, 6.07) is 0.318. The summed E-state index contributed by atoms with van der Waals surface area (Å²) in [5.74, 6) is 1.39. The van der Waals surface area contributed by atoms with E-state index in [0.717, 1.165) is 0 Å². The lowest BCUT2D eigenvalue weighted by Crippen LogP contribution is -2.16. The van der Waals surface area contributed by atoms with Gasteiger partial charge in [0.25, 0.3) is 0 Å². The Bertz CT molecular complexity index is 350. The molecule has 1 saturated carbocycles. The maximum atomic E-state index is 5.55. The second-order valence-corrected chi connectivity index (χ2v) is 3.92. The molecule has 1 fully saturated rings. The topological polar surface area (TPSA) is 77.2 Å². The highest BCUT2D eigenvalue weighted by atomic mass is 16.5. The Kier molecular flexibility index (Phi) is 2.57. The lowest BCUT2D eigenvalue weighted by atomic mass is 10.5. The molecule has 0 atom stereocenters. The van der Waals surface area contributed by atoms with Crippen LogP contribution in [-0.4, -0.2) is 35.7 Å². The zero-order valence-electron chi connectivity index (χ0n) is 8.97. The molecule has 0 bridgehead atoms. The molecule has 1 aliphatic rings. The van der Waals surface area contributed by atoms with E-state index >= 15 is 0 Å². The lowest BCUT2D eigenvalue weighted by Gasteiger charge is -2.11. The van der Waals surface area contributed by atoms with E-state index in [1.807, 2.05) is 14.1 Å². The van der Waals surface area contributed by atoms with Gasteiger partial charge < -0.3 is 15.4 Å². The number of nitrogens with zero attached hydrogens (tertiary/aromatic N) is 4. The standard InChI is InChI=1S/C9H15N5O/c1-14(2)8-11-7(10)12-9(13-8)15-5-6-3-4-6/h6H,3-5H2,1-2H3,(H2,10,11,12,13). The van der Waals surface area contributed by atoms with Crippen LogP contribution >= 0.6 is 0 Å². The smallest absolute Gasteiger partial charge is 0.323 e. The fourth-order valence-corrected chi connectivity index (χ4v) is 1.10. The number of hydrogen-bond acceptors (Lipinski definition) is 6. The average molecular weight is 209 g/mol. The minimum Gasteiger partial charge on any atom is -0.463 e. The van der Waals surface area contributed by atoms with E-state index in [0.29, 0.717) is 24.5 Å². The van der Waals surface area contributed by atoms with Crippen LogP contribution in [0.5, 0.6) is 6.01 Å². The van der Waals surface area contributed by atoms with Crippen molar-refractivity contribution in [3.05, 3.63) is 0 Å². The molecular weight excluding hydrogens is 194 g/mol. The summed E-state index contributed by atoms with van der Waals surface area (Å²) in [5.41, 5.74) is 5.55. The van der Waals surface area contributed by atoms with Crippen molar-refractivity contribution in [1.29, 1.82) is 0 Å². The van der Waals surface area contributed by atoms with E-state index in [2.05, 4.69) is 15.0 Å². The van der Waals surface area contributed by atoms with Crippen LogP contribution in [0.15, 0.2) is 0 Å². The number of nitrogens with two attached hydrogens (primary N) is 1. The first-order valence-corrected chi connectivity index (χ1v) is 4.97. The maximum absolute atomic E-state index is 5.55. The summed E-state index contributed by atoms with van der Waals surface area (Å²) in [6.07, 6.45) is 2.47. The number of hydrogen-bond donors (Lipinski definition) is 1. The molecule has 0 aliphatic heterocycles. The molecule has 1 aromatic rings. The number of nitrogen functional groups attached to an aromatic ring is 1. The Morgan fingerprint density at radius 1 is 1.33 bits per heavy atom. The van der Waals surface area contributed by atoms with E-state index < -0.39 is 0 Å². The molecule has 6 heteroatoms. The molecule has 0 radical (unpaired) electrons. The van der Waals surface area contributed by atoms with Gasteiger partial charge in [-0.1, -0.05) is 0 Å². The lowest BCUT2D eigenvalue weighted by molar-refractivity contribution is 0.276. The Morgan fingerprint density at radius 3 is 2.67 bits per heavy atom. The van der Waals surface area contributed by atoms with Crippen LogP contribution in [0.25, 0.3) is 0 Å². The van der Waals surface area contributed by atoms with E-state index in [-0.39, 0.29) is 5.95 Å². The van der Waals surface area contributed by atoms with E-state index in [4.69, 9.17) is 10.5 Å². The van der Waals surface area contributed by atoms with Crippen molar-refractivity contribution in [1.82, 2.24) is 15.0 Å². The SMILES string of the molecule is CN(C)c1nc(N)nc(OCC2CC2)n1. The number of rotatable bonds is 4. The van der Waals surface area contributed by atoms with Gasteiger partial charge in [0.2, 0.25) is 11.9 Å². The summed E-state index contributed by atoms with van der Waals surface area (Å²) < 4.78 is 5.43. The average Bonchev–Trinajstić information content (AvgIpc) is 2.97. The van der Waals surface area contributed by atoms with Crippen molar-refractivity contribution in [3.63, 3.8) is 0 Å². The summed E-state index contributed by atoms with van der Waals surface area (Å²) in [5, 5.41) is 0. The molecular formula is C9H15N5O. The van der Waals surface area contributed by atoms with Crippen LogP contribution in [0, 0.1) is 5.92 Å². The summed E-state index contributed by atoms with van der Waals surface area (Å²) in [4.78, 5) is 13.8. The third kappa shape index (κ3) is 2.68. The first kappa shape index (κ1) is 9.95. The summed E-state index contributed by atoms with van der Waals surface area (Å²) >= 11 is 0. The third-order valence-electron chi connectivity index (χ3n) is 2.17. The first-order valence-electron chi connectivity index (χ1n) is 4.97. The Morgan fingerprint density at radius 2 is 2.07 bits per heavy atom. The fourth-order valence-electron chi connectivity index (χ4n) is 1.10. The second-order valence-electron chi connectivity index (χ2n) is 3.92. The van der Waals surface area contributed by atoms with Crippen molar-refractivity contribution >= 4 is 11.9 Å². The molecule has 1 heterocycles. The number of anilines is 2. The van der Waals surface area contributed by atoms with Gasteiger partial charge in [0, 0.05) is 14.1 Å². The van der Waals surface area contributed by atoms with Gasteiger partial charge in [0.05, 0.1) is 6.61 Å². The molecule has 0 amide bonds. The predicted octanol–water partition coefficient (Wildman–Crippen LogP) is 0.309. The van der Waals surface area contributed by atoms with Gasteiger partial charge in [-0.05, 0) is 18.8 Å². The van der Waals surface area contributed by atoms with Crippen LogP contribution in [-0.2, 0) is 0 Å². The van der Waals surface area contributed by atoms with Crippen LogP contribution in [0.2, 0.25) is 0 Å². The summed E-state index contributed by atoms with van der Waals surface area (Å²) in [6.45, 7) is 0.677. The van der Waals surface area contributed by atoms with Crippen molar-refractivity contribution < 1.29 is 4.74 Å². The van der Waals surface area contributed by atoms with E-state index in [1.54, 1.807) is 4.90 Å². The zero-order chi connectivity index (χ0) is 10.8. The normalized spacial score (nSPS) is 15.1. The molecule has 0 spiro atoms. The molecule has 0 aromatic carbocycles. The van der Waals surface area contributed by atoms with E-state index in [9.17, 15) is 0 Å². The first-order chi connectivity index (χ1) is 7.15. The maximum Gasteiger partial charge on any atom is 0.323 e. The van der Waals surface area contributed by atoms with Gasteiger partial charge in [-0.2, -0.15) is 15.0 Å². The van der Waals surface area contributed by atoms with Gasteiger partial charge >= 0.3 is 6.01 Å². The molecule has 0 saturated heterocycles. The molecule has 82 valence electrons. The largest absolute Gasteiger partial charge is 0.463 e. The minimum absolute atomic E-state index is 0.194. The van der Waals surface area contributed by atoms with Crippen molar-refractivity contribution in [2.45, 2.75) is 12.8 Å². The molecule has 15 heavy (non-hydrogen) atoms. The molecule has 1 aromatic heterocycles. The van der Waals surface area contributed by atoms with Gasteiger partial charge in [0.1, 0.15) is 0 Å². The number of ether oxygens (including phenoxy) is 1. The molecule has 2 rings (SSSR count). The Labute approximate surface area is 88.5 Å².